The van der Waals surface area contributed by atoms with Crippen LogP contribution >= 0.6 is 0 Å². The first kappa shape index (κ1) is 17.0. The van der Waals surface area contributed by atoms with Crippen LogP contribution in [0, 0.1) is 0 Å². The third-order valence-corrected chi connectivity index (χ3v) is 2.92. The summed E-state index contributed by atoms with van der Waals surface area (Å²) in [6.45, 7) is 1.06. The van der Waals surface area contributed by atoms with Crippen molar-refractivity contribution in [3.63, 3.8) is 0 Å². The fourth-order valence-corrected chi connectivity index (χ4v) is 1.78. The monoisotopic (exact) mass is 305 g/mol. The predicted molar refractivity (Wildman–Crippen MR) is 66.4 cm³/mol. The minimum Gasteiger partial charge on any atom is -0.480 e. The lowest BCUT2D eigenvalue weighted by molar-refractivity contribution is -0.266. The Morgan fingerprint density at radius 1 is 1.24 bits per heavy atom. The van der Waals surface area contributed by atoms with Crippen LogP contribution in [-0.2, 0) is 19.9 Å². The van der Waals surface area contributed by atoms with Crippen molar-refractivity contribution in [2.45, 2.75) is 24.7 Å². The van der Waals surface area contributed by atoms with Crippen LogP contribution in [0.5, 0.6) is 0 Å². The number of nitrogens with one attached hydrogen (secondary N) is 1. The second-order valence-electron chi connectivity index (χ2n) is 4.28. The lowest BCUT2D eigenvalue weighted by Crippen LogP contribution is -2.58. The number of ether oxygens (including phenoxy) is 1. The van der Waals surface area contributed by atoms with E-state index in [1.54, 1.807) is 5.32 Å². The number of halogens is 3. The normalized spacial score (nSPS) is 15.9. The molecule has 0 aliphatic heterocycles. The average Bonchev–Trinajstić information content (AvgIpc) is 2.39. The number of rotatable bonds is 5. The summed E-state index contributed by atoms with van der Waals surface area (Å²) in [7, 11) is 0.742. The highest BCUT2D eigenvalue weighted by Gasteiger charge is 2.62. The van der Waals surface area contributed by atoms with Crippen LogP contribution in [-0.4, -0.2) is 36.3 Å². The first-order valence-corrected chi connectivity index (χ1v) is 5.88. The highest BCUT2D eigenvalue weighted by atomic mass is 19.4. The average molecular weight is 305 g/mol. The number of carbonyl (C=O) groups is 2. The summed E-state index contributed by atoms with van der Waals surface area (Å²) in [5.41, 5.74) is -3.70. The molecule has 1 aromatic rings. The Balaban J connectivity index is 3.33. The molecule has 0 spiro atoms. The van der Waals surface area contributed by atoms with Crippen molar-refractivity contribution in [2.75, 3.05) is 7.11 Å². The van der Waals surface area contributed by atoms with E-state index in [1.165, 1.54) is 18.2 Å². The minimum absolute atomic E-state index is 0.435. The van der Waals surface area contributed by atoms with E-state index < -0.39 is 35.3 Å². The van der Waals surface area contributed by atoms with Crippen molar-refractivity contribution in [3.8, 4) is 0 Å². The van der Waals surface area contributed by atoms with Crippen molar-refractivity contribution in [3.05, 3.63) is 35.9 Å². The van der Waals surface area contributed by atoms with Crippen LogP contribution in [0.3, 0.4) is 0 Å². The summed E-state index contributed by atoms with van der Waals surface area (Å²) in [6.07, 6.45) is -5.06. The number of carbonyl (C=O) groups excluding carboxylic acids is 1. The third kappa shape index (κ3) is 3.15. The standard InChI is InChI=1S/C13H14F3NO4/c1-8(10(18)19)17-11(20)12(21-2,13(14,15)16)9-6-4-3-5-7-9/h3-8H,1-2H3,(H,17,20)(H,18,19)/t8-,12?/m1/s1. The Morgan fingerprint density at radius 2 is 1.76 bits per heavy atom. The van der Waals surface area contributed by atoms with E-state index in [4.69, 9.17) is 5.11 Å². The molecule has 1 amide bonds. The highest BCUT2D eigenvalue weighted by molar-refractivity contribution is 5.91. The predicted octanol–water partition coefficient (Wildman–Crippen LogP) is 1.68. The molecule has 0 aromatic heterocycles. The number of methoxy groups -OCH3 is 1. The zero-order valence-electron chi connectivity index (χ0n) is 11.3. The number of carboxylic acids is 1. The Morgan fingerprint density at radius 3 is 2.14 bits per heavy atom. The Bertz CT molecular complexity index is 518. The van der Waals surface area contributed by atoms with Gasteiger partial charge in [-0.2, -0.15) is 13.2 Å². The molecular formula is C13H14F3NO4. The molecular weight excluding hydrogens is 291 g/mol. The van der Waals surface area contributed by atoms with Gasteiger partial charge in [-0.05, 0) is 6.92 Å². The molecule has 1 unspecified atom stereocenters. The van der Waals surface area contributed by atoms with Crippen LogP contribution in [0.25, 0.3) is 0 Å². The van der Waals surface area contributed by atoms with Crippen molar-refractivity contribution >= 4 is 11.9 Å². The number of carboxylic acid groups (broad SMARTS) is 1. The number of hydrogen-bond donors (Lipinski definition) is 2. The molecule has 5 nitrogen and oxygen atoms in total. The lowest BCUT2D eigenvalue weighted by atomic mass is 9.91. The summed E-state index contributed by atoms with van der Waals surface area (Å²) < 4.78 is 44.8. The fraction of sp³-hybridized carbons (Fsp3) is 0.385. The Hall–Kier alpha value is -2.09. The van der Waals surface area contributed by atoms with Crippen LogP contribution in [0.4, 0.5) is 13.2 Å². The smallest absolute Gasteiger partial charge is 0.430 e. The number of hydrogen-bond acceptors (Lipinski definition) is 3. The van der Waals surface area contributed by atoms with Gasteiger partial charge in [0.2, 0.25) is 0 Å². The van der Waals surface area contributed by atoms with Crippen LogP contribution in [0.1, 0.15) is 12.5 Å². The van der Waals surface area contributed by atoms with E-state index in [0.29, 0.717) is 0 Å². The maximum Gasteiger partial charge on any atom is 0.430 e. The van der Waals surface area contributed by atoms with Crippen LogP contribution in [0.2, 0.25) is 0 Å². The minimum atomic E-state index is -5.06. The maximum atomic E-state index is 13.4. The molecule has 1 rings (SSSR count). The summed E-state index contributed by atoms with van der Waals surface area (Å²) in [5, 5.41) is 10.5. The second kappa shape index (κ2) is 6.13. The van der Waals surface area contributed by atoms with Crippen molar-refractivity contribution in [1.29, 1.82) is 0 Å². The largest absolute Gasteiger partial charge is 0.480 e. The second-order valence-corrected chi connectivity index (χ2v) is 4.28. The quantitative estimate of drug-likeness (QED) is 0.868. The van der Waals surface area contributed by atoms with Gasteiger partial charge in [0.1, 0.15) is 6.04 Å². The van der Waals surface area contributed by atoms with E-state index in [1.807, 2.05) is 0 Å². The zero-order valence-corrected chi connectivity index (χ0v) is 11.3. The molecule has 0 fully saturated rings. The van der Waals surface area contributed by atoms with Gasteiger partial charge in [-0.3, -0.25) is 9.59 Å². The van der Waals surface area contributed by atoms with Gasteiger partial charge in [0, 0.05) is 12.7 Å². The molecule has 0 saturated carbocycles. The van der Waals surface area contributed by atoms with E-state index >= 15 is 0 Å². The highest BCUT2D eigenvalue weighted by Crippen LogP contribution is 2.42. The molecule has 0 aliphatic rings. The Labute approximate surface area is 118 Å². The topological polar surface area (TPSA) is 75.6 Å². The third-order valence-electron chi connectivity index (χ3n) is 2.92. The van der Waals surface area contributed by atoms with E-state index in [9.17, 15) is 22.8 Å². The summed E-state index contributed by atoms with van der Waals surface area (Å²) in [5.74, 6) is -3.04. The van der Waals surface area contributed by atoms with Gasteiger partial charge in [-0.1, -0.05) is 30.3 Å². The van der Waals surface area contributed by atoms with E-state index in [2.05, 4.69) is 4.74 Å². The van der Waals surface area contributed by atoms with Crippen molar-refractivity contribution in [1.82, 2.24) is 5.32 Å². The molecule has 1 aromatic carbocycles. The summed E-state index contributed by atoms with van der Waals surface area (Å²) in [6, 6.07) is 4.81. The molecule has 8 heteroatoms. The van der Waals surface area contributed by atoms with Crippen molar-refractivity contribution < 1.29 is 32.6 Å². The molecule has 0 heterocycles. The molecule has 116 valence electrons. The number of alkyl halides is 3. The molecule has 0 radical (unpaired) electrons. The first-order valence-electron chi connectivity index (χ1n) is 5.88. The summed E-state index contributed by atoms with van der Waals surface area (Å²) >= 11 is 0. The molecule has 0 saturated heterocycles. The van der Waals surface area contributed by atoms with Gasteiger partial charge in [0.25, 0.3) is 11.5 Å². The SMILES string of the molecule is COC(C(=O)N[C@H](C)C(=O)O)(c1ccccc1)C(F)(F)F. The maximum absolute atomic E-state index is 13.4. The number of amides is 1. The van der Waals surface area contributed by atoms with E-state index in [-0.39, 0.29) is 0 Å². The Kier molecular flexibility index (Phi) is 4.95. The fourth-order valence-electron chi connectivity index (χ4n) is 1.78. The first-order chi connectivity index (χ1) is 9.66. The van der Waals surface area contributed by atoms with E-state index in [0.717, 1.165) is 26.2 Å². The van der Waals surface area contributed by atoms with Gasteiger partial charge in [-0.25, -0.2) is 0 Å². The molecule has 0 bridgehead atoms. The van der Waals surface area contributed by atoms with Gasteiger partial charge in [-0.15, -0.1) is 0 Å². The molecule has 21 heavy (non-hydrogen) atoms. The van der Waals surface area contributed by atoms with Gasteiger partial charge < -0.3 is 15.2 Å². The van der Waals surface area contributed by atoms with Gasteiger partial charge in [0.05, 0.1) is 0 Å². The van der Waals surface area contributed by atoms with Crippen LogP contribution < -0.4 is 5.32 Å². The molecule has 2 atom stereocenters. The lowest BCUT2D eigenvalue weighted by Gasteiger charge is -2.33. The molecule has 2 N–H and O–H groups in total. The summed E-state index contributed by atoms with van der Waals surface area (Å²) in [4.78, 5) is 22.7. The van der Waals surface area contributed by atoms with Crippen LogP contribution in [0.15, 0.2) is 30.3 Å². The molecule has 0 aliphatic carbocycles. The zero-order chi connectivity index (χ0) is 16.3. The number of aliphatic carboxylic acids is 1. The van der Waals surface area contributed by atoms with Gasteiger partial charge >= 0.3 is 12.1 Å². The van der Waals surface area contributed by atoms with Gasteiger partial charge in [0.15, 0.2) is 0 Å². The number of benzene rings is 1. The van der Waals surface area contributed by atoms with Crippen molar-refractivity contribution in [2.24, 2.45) is 0 Å².